The Morgan fingerprint density at radius 3 is 2.82 bits per heavy atom. The maximum atomic E-state index is 9.29. The van der Waals surface area contributed by atoms with E-state index in [1.807, 2.05) is 0 Å². The molecule has 1 aliphatic rings. The first-order valence-corrected chi connectivity index (χ1v) is 7.37. The second kappa shape index (κ2) is 5.94. The smallest absolute Gasteiger partial charge is 0.0960 e. The number of hydrogen-bond acceptors (Lipinski definition) is 4. The van der Waals surface area contributed by atoms with E-state index in [1.54, 1.807) is 11.3 Å². The Bertz CT molecular complexity index is 341. The number of rotatable bonds is 4. The second-order valence-corrected chi connectivity index (χ2v) is 5.87. The van der Waals surface area contributed by atoms with Gasteiger partial charge in [-0.1, -0.05) is 6.92 Å². The quantitative estimate of drug-likeness (QED) is 0.896. The summed E-state index contributed by atoms with van der Waals surface area (Å²) in [7, 11) is 2.18. The molecule has 1 aromatic heterocycles. The molecule has 0 spiro atoms. The normalized spacial score (nSPS) is 20.6. The molecule has 3 nitrogen and oxygen atoms in total. The van der Waals surface area contributed by atoms with Gasteiger partial charge in [-0.05, 0) is 39.4 Å². The van der Waals surface area contributed by atoms with Crippen LogP contribution in [0.15, 0.2) is 5.38 Å². The van der Waals surface area contributed by atoms with Gasteiger partial charge in [0.05, 0.1) is 17.3 Å². The van der Waals surface area contributed by atoms with E-state index >= 15 is 0 Å². The highest BCUT2D eigenvalue weighted by Gasteiger charge is 2.22. The highest BCUT2D eigenvalue weighted by molar-refractivity contribution is 7.09. The molecule has 0 saturated carbocycles. The molecule has 0 aromatic carbocycles. The number of likely N-dealkylation sites (tertiary alicyclic amines) is 1. The molecule has 1 atom stereocenters. The van der Waals surface area contributed by atoms with Crippen molar-refractivity contribution < 1.29 is 5.11 Å². The van der Waals surface area contributed by atoms with Crippen LogP contribution < -0.4 is 0 Å². The lowest BCUT2D eigenvalue weighted by atomic mass is 9.98. The number of nitrogens with zero attached hydrogens (tertiary/aromatic N) is 2. The van der Waals surface area contributed by atoms with Crippen molar-refractivity contribution >= 4 is 11.3 Å². The van der Waals surface area contributed by atoms with Gasteiger partial charge in [0.15, 0.2) is 0 Å². The number of aromatic nitrogens is 1. The molecule has 4 heteroatoms. The molecule has 0 bridgehead atoms. The van der Waals surface area contributed by atoms with E-state index in [-0.39, 0.29) is 12.5 Å². The summed E-state index contributed by atoms with van der Waals surface area (Å²) in [5, 5.41) is 12.7. The van der Waals surface area contributed by atoms with Gasteiger partial charge in [0.25, 0.3) is 0 Å². The largest absolute Gasteiger partial charge is 0.396 e. The Kier molecular flexibility index (Phi) is 4.54. The van der Waals surface area contributed by atoms with Crippen LogP contribution in [-0.2, 0) is 0 Å². The van der Waals surface area contributed by atoms with Gasteiger partial charge in [-0.15, -0.1) is 11.3 Å². The molecule has 17 heavy (non-hydrogen) atoms. The van der Waals surface area contributed by atoms with Crippen molar-refractivity contribution in [1.29, 1.82) is 0 Å². The van der Waals surface area contributed by atoms with Crippen LogP contribution in [-0.4, -0.2) is 41.7 Å². The molecule has 1 N–H and O–H groups in total. The molecule has 0 aliphatic carbocycles. The molecule has 1 aliphatic heterocycles. The summed E-state index contributed by atoms with van der Waals surface area (Å²) in [6.07, 6.45) is 3.41. The van der Waals surface area contributed by atoms with Crippen LogP contribution in [0.4, 0.5) is 0 Å². The Labute approximate surface area is 107 Å². The number of hydrogen-bond donors (Lipinski definition) is 1. The van der Waals surface area contributed by atoms with Crippen molar-refractivity contribution in [2.75, 3.05) is 26.7 Å². The molecule has 1 aromatic rings. The molecule has 0 amide bonds. The first-order chi connectivity index (χ1) is 8.24. The van der Waals surface area contributed by atoms with Gasteiger partial charge < -0.3 is 10.0 Å². The monoisotopic (exact) mass is 254 g/mol. The van der Waals surface area contributed by atoms with Gasteiger partial charge in [-0.2, -0.15) is 0 Å². The lowest BCUT2D eigenvalue weighted by molar-refractivity contribution is 0.253. The summed E-state index contributed by atoms with van der Waals surface area (Å²) >= 11 is 1.78. The number of aliphatic hydroxyl groups excluding tert-OH is 1. The van der Waals surface area contributed by atoms with Crippen molar-refractivity contribution in [3.8, 4) is 0 Å². The Morgan fingerprint density at radius 1 is 1.53 bits per heavy atom. The van der Waals surface area contributed by atoms with Crippen molar-refractivity contribution in [2.24, 2.45) is 0 Å². The van der Waals surface area contributed by atoms with Crippen LogP contribution in [0, 0.1) is 0 Å². The summed E-state index contributed by atoms with van der Waals surface area (Å²) in [4.78, 5) is 7.12. The first-order valence-electron chi connectivity index (χ1n) is 6.49. The third kappa shape index (κ3) is 3.06. The van der Waals surface area contributed by atoms with E-state index in [2.05, 4.69) is 24.3 Å². The summed E-state index contributed by atoms with van der Waals surface area (Å²) in [5.74, 6) is 0.868. The minimum Gasteiger partial charge on any atom is -0.396 e. The van der Waals surface area contributed by atoms with Crippen LogP contribution in [0.1, 0.15) is 48.7 Å². The maximum absolute atomic E-state index is 9.29. The molecular formula is C13H22N2OS. The van der Waals surface area contributed by atoms with E-state index in [0.717, 1.165) is 12.1 Å². The van der Waals surface area contributed by atoms with E-state index < -0.39 is 0 Å². The first kappa shape index (κ1) is 13.0. The average Bonchev–Trinajstić information content (AvgIpc) is 2.81. The van der Waals surface area contributed by atoms with Gasteiger partial charge in [-0.25, -0.2) is 4.98 Å². The topological polar surface area (TPSA) is 36.4 Å². The molecule has 96 valence electrons. The average molecular weight is 254 g/mol. The van der Waals surface area contributed by atoms with Gasteiger partial charge in [0.1, 0.15) is 0 Å². The predicted molar refractivity (Wildman–Crippen MR) is 71.7 cm³/mol. The second-order valence-electron chi connectivity index (χ2n) is 4.98. The lowest BCUT2D eigenvalue weighted by Crippen LogP contribution is -2.29. The number of aliphatic hydroxyl groups is 1. The van der Waals surface area contributed by atoms with E-state index in [4.69, 9.17) is 4.98 Å². The Balaban J connectivity index is 2.02. The summed E-state index contributed by atoms with van der Waals surface area (Å²) in [6, 6.07) is 0. The van der Waals surface area contributed by atoms with Gasteiger partial charge in [-0.3, -0.25) is 0 Å². The van der Waals surface area contributed by atoms with Crippen molar-refractivity contribution in [2.45, 2.75) is 38.0 Å². The van der Waals surface area contributed by atoms with Crippen LogP contribution in [0.25, 0.3) is 0 Å². The zero-order valence-electron chi connectivity index (χ0n) is 10.7. The highest BCUT2D eigenvalue weighted by atomic mass is 32.1. The predicted octanol–water partition coefficient (Wildman–Crippen LogP) is 2.44. The minimum atomic E-state index is 0.215. The SMILES string of the molecule is CCC(CO)c1csc(C2CCN(C)CC2)n1. The lowest BCUT2D eigenvalue weighted by Gasteiger charge is -2.27. The fourth-order valence-electron chi connectivity index (χ4n) is 2.36. The molecule has 1 saturated heterocycles. The third-order valence-corrected chi connectivity index (χ3v) is 4.76. The molecule has 1 fully saturated rings. The summed E-state index contributed by atoms with van der Waals surface area (Å²) < 4.78 is 0. The number of piperidine rings is 1. The van der Waals surface area contributed by atoms with E-state index in [9.17, 15) is 5.11 Å². The van der Waals surface area contributed by atoms with Crippen LogP contribution in [0.3, 0.4) is 0 Å². The molecule has 0 radical (unpaired) electrons. The maximum Gasteiger partial charge on any atom is 0.0960 e. The van der Waals surface area contributed by atoms with E-state index in [1.165, 1.54) is 30.9 Å². The Hall–Kier alpha value is -0.450. The Morgan fingerprint density at radius 2 is 2.24 bits per heavy atom. The molecule has 2 rings (SSSR count). The highest BCUT2D eigenvalue weighted by Crippen LogP contribution is 2.31. The zero-order chi connectivity index (χ0) is 12.3. The fraction of sp³-hybridized carbons (Fsp3) is 0.769. The zero-order valence-corrected chi connectivity index (χ0v) is 11.5. The molecule has 2 heterocycles. The summed E-state index contributed by atoms with van der Waals surface area (Å²) in [6.45, 7) is 4.68. The standard InChI is InChI=1S/C13H22N2OS/c1-3-10(8-16)12-9-17-13(14-12)11-4-6-15(2)7-5-11/h9-11,16H,3-8H2,1-2H3. The van der Waals surface area contributed by atoms with Crippen LogP contribution in [0.2, 0.25) is 0 Å². The van der Waals surface area contributed by atoms with Crippen molar-refractivity contribution in [3.63, 3.8) is 0 Å². The van der Waals surface area contributed by atoms with Crippen LogP contribution in [0.5, 0.6) is 0 Å². The minimum absolute atomic E-state index is 0.215. The van der Waals surface area contributed by atoms with Crippen LogP contribution >= 0.6 is 11.3 Å². The van der Waals surface area contributed by atoms with E-state index in [0.29, 0.717) is 5.92 Å². The van der Waals surface area contributed by atoms with Crippen molar-refractivity contribution in [1.82, 2.24) is 9.88 Å². The molecular weight excluding hydrogens is 232 g/mol. The third-order valence-electron chi connectivity index (χ3n) is 3.74. The van der Waals surface area contributed by atoms with Gasteiger partial charge >= 0.3 is 0 Å². The number of thiazole rings is 1. The van der Waals surface area contributed by atoms with Crippen molar-refractivity contribution in [3.05, 3.63) is 16.1 Å². The van der Waals surface area contributed by atoms with Gasteiger partial charge in [0.2, 0.25) is 0 Å². The fourth-order valence-corrected chi connectivity index (χ4v) is 3.44. The molecule has 1 unspecified atom stereocenters. The van der Waals surface area contributed by atoms with Gasteiger partial charge in [0, 0.05) is 17.2 Å². The summed E-state index contributed by atoms with van der Waals surface area (Å²) in [5.41, 5.74) is 1.09.